The molecule has 0 aliphatic heterocycles. The smallest absolute Gasteiger partial charge is 0.386 e. The van der Waals surface area contributed by atoms with Gasteiger partial charge in [0.15, 0.2) is 5.69 Å². The monoisotopic (exact) mass is 202 g/mol. The van der Waals surface area contributed by atoms with E-state index in [2.05, 4.69) is 20.4 Å². The second-order valence-electron chi connectivity index (χ2n) is 3.04. The summed E-state index contributed by atoms with van der Waals surface area (Å²) in [5.74, 6) is -0.394. The third-order valence-electron chi connectivity index (χ3n) is 2.11. The summed E-state index contributed by atoms with van der Waals surface area (Å²) in [6, 6.07) is 7.54. The first-order chi connectivity index (χ1) is 7.34. The van der Waals surface area contributed by atoms with Gasteiger partial charge in [0.1, 0.15) is 0 Å². The molecule has 3 rings (SSSR count). The zero-order valence-corrected chi connectivity index (χ0v) is 7.52. The molecule has 6 heteroatoms. The fourth-order valence-corrected chi connectivity index (χ4v) is 1.46. The molecular formula is C9H6N4O2. The number of aromatic amines is 2. The molecule has 15 heavy (non-hydrogen) atoms. The van der Waals surface area contributed by atoms with Crippen molar-refractivity contribution in [3.8, 4) is 11.6 Å². The molecule has 2 heterocycles. The van der Waals surface area contributed by atoms with Crippen LogP contribution in [0.3, 0.4) is 0 Å². The van der Waals surface area contributed by atoms with Gasteiger partial charge in [-0.2, -0.15) is 5.10 Å². The Balaban J connectivity index is 2.32. The Kier molecular flexibility index (Phi) is 1.49. The summed E-state index contributed by atoms with van der Waals surface area (Å²) in [5, 5.41) is 13.7. The molecule has 6 nitrogen and oxygen atoms in total. The Morgan fingerprint density at radius 2 is 2.00 bits per heavy atom. The molecule has 2 N–H and O–H groups in total. The van der Waals surface area contributed by atoms with Crippen molar-refractivity contribution in [3.63, 3.8) is 0 Å². The minimum atomic E-state index is -0.586. The van der Waals surface area contributed by atoms with Crippen molar-refractivity contribution in [1.82, 2.24) is 20.4 Å². The van der Waals surface area contributed by atoms with Gasteiger partial charge in [-0.05, 0) is 6.07 Å². The number of aromatic nitrogens is 4. The number of benzene rings is 1. The van der Waals surface area contributed by atoms with E-state index in [1.54, 1.807) is 0 Å². The van der Waals surface area contributed by atoms with Crippen molar-refractivity contribution in [1.29, 1.82) is 0 Å². The largest absolute Gasteiger partial charge is 0.434 e. The zero-order chi connectivity index (χ0) is 10.3. The number of hydrogen-bond acceptors (Lipinski definition) is 4. The van der Waals surface area contributed by atoms with E-state index in [9.17, 15) is 4.79 Å². The van der Waals surface area contributed by atoms with Crippen LogP contribution in [0.25, 0.3) is 22.5 Å². The van der Waals surface area contributed by atoms with Crippen LogP contribution >= 0.6 is 0 Å². The summed E-state index contributed by atoms with van der Waals surface area (Å²) < 4.78 is 4.83. The van der Waals surface area contributed by atoms with Gasteiger partial charge in [0.25, 0.3) is 5.89 Å². The van der Waals surface area contributed by atoms with E-state index in [1.165, 1.54) is 0 Å². The van der Waals surface area contributed by atoms with Crippen molar-refractivity contribution >= 4 is 10.9 Å². The van der Waals surface area contributed by atoms with Crippen molar-refractivity contribution in [2.75, 3.05) is 0 Å². The van der Waals surface area contributed by atoms with E-state index in [4.69, 9.17) is 4.42 Å². The highest BCUT2D eigenvalue weighted by atomic mass is 16.4. The predicted octanol–water partition coefficient (Wildman–Crippen LogP) is 0.906. The summed E-state index contributed by atoms with van der Waals surface area (Å²) >= 11 is 0. The van der Waals surface area contributed by atoms with Crippen LogP contribution in [0, 0.1) is 0 Å². The van der Waals surface area contributed by atoms with Gasteiger partial charge in [-0.3, -0.25) is 5.10 Å². The second kappa shape index (κ2) is 2.81. The molecule has 0 saturated carbocycles. The number of hydrogen-bond donors (Lipinski definition) is 2. The van der Waals surface area contributed by atoms with Crippen molar-refractivity contribution in [2.45, 2.75) is 0 Å². The number of rotatable bonds is 1. The zero-order valence-electron chi connectivity index (χ0n) is 7.52. The number of nitrogens with one attached hydrogen (secondary N) is 2. The summed E-state index contributed by atoms with van der Waals surface area (Å²) in [7, 11) is 0. The van der Waals surface area contributed by atoms with Gasteiger partial charge in [0.2, 0.25) is 0 Å². The first kappa shape index (κ1) is 7.98. The van der Waals surface area contributed by atoms with E-state index >= 15 is 0 Å². The molecule has 0 radical (unpaired) electrons. The van der Waals surface area contributed by atoms with Crippen LogP contribution in [0.4, 0.5) is 0 Å². The number of para-hydroxylation sites is 1. The Morgan fingerprint density at radius 3 is 2.80 bits per heavy atom. The minimum absolute atomic E-state index is 0.192. The fourth-order valence-electron chi connectivity index (χ4n) is 1.46. The van der Waals surface area contributed by atoms with Gasteiger partial charge in [0.05, 0.1) is 5.52 Å². The number of H-pyrrole nitrogens is 2. The molecular weight excluding hydrogens is 196 g/mol. The molecule has 0 unspecified atom stereocenters. The average Bonchev–Trinajstić information content (AvgIpc) is 2.83. The van der Waals surface area contributed by atoms with Crippen molar-refractivity contribution in [3.05, 3.63) is 34.8 Å². The Hall–Kier alpha value is -2.37. The van der Waals surface area contributed by atoms with E-state index in [-0.39, 0.29) is 5.89 Å². The van der Waals surface area contributed by atoms with Gasteiger partial charge in [-0.1, -0.05) is 18.2 Å². The molecule has 0 atom stereocenters. The SMILES string of the molecule is O=c1[nH]nc(-c2n[nH]c3ccccc23)o1. The summed E-state index contributed by atoms with van der Waals surface area (Å²) in [6.45, 7) is 0. The lowest BCUT2D eigenvalue weighted by Gasteiger charge is -1.88. The van der Waals surface area contributed by atoms with Gasteiger partial charge in [0, 0.05) is 5.39 Å². The van der Waals surface area contributed by atoms with Crippen LogP contribution in [0.5, 0.6) is 0 Å². The van der Waals surface area contributed by atoms with Crippen molar-refractivity contribution in [2.24, 2.45) is 0 Å². The third-order valence-corrected chi connectivity index (χ3v) is 2.11. The summed E-state index contributed by atoms with van der Waals surface area (Å²) in [5.41, 5.74) is 1.40. The van der Waals surface area contributed by atoms with Crippen LogP contribution < -0.4 is 5.76 Å². The highest BCUT2D eigenvalue weighted by molar-refractivity contribution is 5.90. The summed E-state index contributed by atoms with van der Waals surface area (Å²) in [6.07, 6.45) is 0. The van der Waals surface area contributed by atoms with Crippen LogP contribution in [0.2, 0.25) is 0 Å². The molecule has 1 aromatic carbocycles. The molecule has 3 aromatic rings. The second-order valence-corrected chi connectivity index (χ2v) is 3.04. The number of nitrogens with zero attached hydrogens (tertiary/aromatic N) is 2. The maximum absolute atomic E-state index is 10.8. The van der Waals surface area contributed by atoms with Crippen molar-refractivity contribution < 1.29 is 4.42 Å². The highest BCUT2D eigenvalue weighted by Gasteiger charge is 2.12. The van der Waals surface area contributed by atoms with Crippen LogP contribution in [-0.2, 0) is 0 Å². The topological polar surface area (TPSA) is 87.6 Å². The Bertz CT molecular complexity index is 664. The lowest BCUT2D eigenvalue weighted by molar-refractivity contribution is 0.525. The molecule has 0 saturated heterocycles. The fraction of sp³-hybridized carbons (Fsp3) is 0. The van der Waals surface area contributed by atoms with Gasteiger partial charge >= 0.3 is 5.76 Å². The molecule has 74 valence electrons. The lowest BCUT2D eigenvalue weighted by atomic mass is 10.2. The standard InChI is InChI=1S/C9H6N4O2/c14-9-13-12-8(15-9)7-5-3-1-2-4-6(5)10-11-7/h1-4H,(H,10,11)(H,13,14). The van der Waals surface area contributed by atoms with E-state index < -0.39 is 5.76 Å². The molecule has 0 amide bonds. The highest BCUT2D eigenvalue weighted by Crippen LogP contribution is 2.22. The lowest BCUT2D eigenvalue weighted by Crippen LogP contribution is -1.93. The van der Waals surface area contributed by atoms with E-state index in [0.29, 0.717) is 5.69 Å². The first-order valence-electron chi connectivity index (χ1n) is 4.33. The van der Waals surface area contributed by atoms with Crippen LogP contribution in [-0.4, -0.2) is 20.4 Å². The Morgan fingerprint density at radius 1 is 1.13 bits per heavy atom. The van der Waals surface area contributed by atoms with Gasteiger partial charge in [-0.15, -0.1) is 5.10 Å². The number of fused-ring (bicyclic) bond motifs is 1. The van der Waals surface area contributed by atoms with Gasteiger partial charge < -0.3 is 4.42 Å². The maximum atomic E-state index is 10.8. The quantitative estimate of drug-likeness (QED) is 0.613. The van der Waals surface area contributed by atoms with E-state index in [0.717, 1.165) is 10.9 Å². The van der Waals surface area contributed by atoms with Crippen LogP contribution in [0.15, 0.2) is 33.5 Å². The third kappa shape index (κ3) is 1.15. The predicted molar refractivity (Wildman–Crippen MR) is 52.2 cm³/mol. The average molecular weight is 202 g/mol. The summed E-state index contributed by atoms with van der Waals surface area (Å²) in [4.78, 5) is 10.8. The maximum Gasteiger partial charge on any atom is 0.434 e. The van der Waals surface area contributed by atoms with Gasteiger partial charge in [-0.25, -0.2) is 9.89 Å². The normalized spacial score (nSPS) is 10.9. The molecule has 0 fully saturated rings. The molecule has 0 aliphatic carbocycles. The Labute approximate surface area is 82.9 Å². The van der Waals surface area contributed by atoms with Crippen LogP contribution in [0.1, 0.15) is 0 Å². The molecule has 0 aliphatic rings. The first-order valence-corrected chi connectivity index (χ1v) is 4.33. The van der Waals surface area contributed by atoms with E-state index in [1.807, 2.05) is 24.3 Å². The molecule has 0 bridgehead atoms. The molecule has 0 spiro atoms. The molecule has 2 aromatic heterocycles. The minimum Gasteiger partial charge on any atom is -0.386 e.